The van der Waals surface area contributed by atoms with Gasteiger partial charge in [-0.2, -0.15) is 0 Å². The molecule has 2 aromatic rings. The first-order chi connectivity index (χ1) is 12.5. The van der Waals surface area contributed by atoms with Crippen molar-refractivity contribution in [2.75, 3.05) is 11.9 Å². The maximum Gasteiger partial charge on any atom is 0.266 e. The van der Waals surface area contributed by atoms with E-state index in [1.165, 1.54) is 16.7 Å². The highest BCUT2D eigenvalue weighted by atomic mass is 35.5. The molecule has 4 nitrogen and oxygen atoms in total. The Balaban J connectivity index is 1.58. The minimum Gasteiger partial charge on any atom is -0.326 e. The van der Waals surface area contributed by atoms with E-state index in [1.54, 1.807) is 24.3 Å². The number of thiocarbonyl (C=S) groups is 1. The minimum absolute atomic E-state index is 0.160. The lowest BCUT2D eigenvalue weighted by Gasteiger charge is -2.14. The first-order valence-electron chi connectivity index (χ1n) is 7.89. The highest BCUT2D eigenvalue weighted by Gasteiger charge is 2.32. The van der Waals surface area contributed by atoms with Gasteiger partial charge in [-0.1, -0.05) is 65.9 Å². The zero-order chi connectivity index (χ0) is 18.5. The molecule has 0 unspecified atom stereocenters. The van der Waals surface area contributed by atoms with Gasteiger partial charge in [0.25, 0.3) is 5.91 Å². The summed E-state index contributed by atoms with van der Waals surface area (Å²) in [7, 11) is 0. The minimum atomic E-state index is -0.187. The third-order valence-electron chi connectivity index (χ3n) is 3.66. The molecule has 1 N–H and O–H groups in total. The predicted octanol–water partition coefficient (Wildman–Crippen LogP) is 4.57. The number of hydrogen-bond donors (Lipinski definition) is 1. The lowest BCUT2D eigenvalue weighted by atomic mass is 10.2. The predicted molar refractivity (Wildman–Crippen MR) is 111 cm³/mol. The Morgan fingerprint density at radius 2 is 1.85 bits per heavy atom. The Labute approximate surface area is 166 Å². The number of nitrogens with zero attached hydrogens (tertiary/aromatic N) is 1. The first-order valence-corrected chi connectivity index (χ1v) is 9.49. The quantitative estimate of drug-likeness (QED) is 0.588. The SMILES string of the molecule is O=C(CCN1C(=O)/C(=C\c2ccccc2)SC1=S)Nc1ccc(Cl)cc1. The number of carbonyl (C=O) groups excluding carboxylic acids is 2. The topological polar surface area (TPSA) is 49.4 Å². The normalized spacial score (nSPS) is 15.6. The van der Waals surface area contributed by atoms with Crippen molar-refractivity contribution in [2.24, 2.45) is 0 Å². The number of hydrogen-bond acceptors (Lipinski definition) is 4. The molecule has 0 saturated carbocycles. The molecule has 1 heterocycles. The number of halogens is 1. The average molecular weight is 403 g/mol. The van der Waals surface area contributed by atoms with Crippen LogP contribution in [0.2, 0.25) is 5.02 Å². The van der Waals surface area contributed by atoms with Gasteiger partial charge < -0.3 is 5.32 Å². The lowest BCUT2D eigenvalue weighted by molar-refractivity contribution is -0.122. The van der Waals surface area contributed by atoms with E-state index in [2.05, 4.69) is 5.32 Å². The van der Waals surface area contributed by atoms with Gasteiger partial charge in [-0.15, -0.1) is 0 Å². The van der Waals surface area contributed by atoms with Crippen molar-refractivity contribution < 1.29 is 9.59 Å². The molecular formula is C19H15ClN2O2S2. The molecule has 7 heteroatoms. The van der Waals surface area contributed by atoms with Crippen LogP contribution in [0.3, 0.4) is 0 Å². The van der Waals surface area contributed by atoms with Crippen LogP contribution in [0.25, 0.3) is 6.08 Å². The summed E-state index contributed by atoms with van der Waals surface area (Å²) in [5.74, 6) is -0.350. The van der Waals surface area contributed by atoms with Crippen molar-refractivity contribution in [1.29, 1.82) is 0 Å². The number of amides is 2. The van der Waals surface area contributed by atoms with Crippen LogP contribution < -0.4 is 5.32 Å². The molecule has 1 aliphatic heterocycles. The molecule has 1 fully saturated rings. The molecule has 0 radical (unpaired) electrons. The van der Waals surface area contributed by atoms with Crippen molar-refractivity contribution in [1.82, 2.24) is 4.90 Å². The second-order valence-electron chi connectivity index (χ2n) is 5.55. The summed E-state index contributed by atoms with van der Waals surface area (Å²) in [6.07, 6.45) is 1.97. The standard InChI is InChI=1S/C19H15ClN2O2S2/c20-14-6-8-15(9-7-14)21-17(23)10-11-22-18(24)16(26-19(22)25)12-13-4-2-1-3-5-13/h1-9,12H,10-11H2,(H,21,23)/b16-12+. The van der Waals surface area contributed by atoms with E-state index in [-0.39, 0.29) is 24.8 Å². The van der Waals surface area contributed by atoms with Crippen LogP contribution in [0.5, 0.6) is 0 Å². The van der Waals surface area contributed by atoms with Gasteiger partial charge in [-0.05, 0) is 35.9 Å². The van der Waals surface area contributed by atoms with E-state index >= 15 is 0 Å². The van der Waals surface area contributed by atoms with Crippen molar-refractivity contribution in [3.8, 4) is 0 Å². The van der Waals surface area contributed by atoms with Crippen LogP contribution in [0, 0.1) is 0 Å². The fourth-order valence-corrected chi connectivity index (χ4v) is 3.80. The fourth-order valence-electron chi connectivity index (χ4n) is 2.36. The van der Waals surface area contributed by atoms with Gasteiger partial charge in [0, 0.05) is 23.7 Å². The van der Waals surface area contributed by atoms with E-state index < -0.39 is 0 Å². The van der Waals surface area contributed by atoms with Gasteiger partial charge in [0.15, 0.2) is 0 Å². The fraction of sp³-hybridized carbons (Fsp3) is 0.105. The molecule has 0 atom stereocenters. The molecule has 1 saturated heterocycles. The Kier molecular flexibility index (Phi) is 6.08. The zero-order valence-electron chi connectivity index (χ0n) is 13.6. The summed E-state index contributed by atoms with van der Waals surface area (Å²) in [4.78, 5) is 26.7. The first kappa shape index (κ1) is 18.6. The molecule has 26 heavy (non-hydrogen) atoms. The van der Waals surface area contributed by atoms with Crippen LogP contribution in [0.15, 0.2) is 59.5 Å². The number of carbonyl (C=O) groups is 2. The summed E-state index contributed by atoms with van der Waals surface area (Å²) in [6.45, 7) is 0.246. The maximum absolute atomic E-state index is 12.5. The molecular weight excluding hydrogens is 388 g/mol. The summed E-state index contributed by atoms with van der Waals surface area (Å²) in [5.41, 5.74) is 1.60. The Hall–Kier alpha value is -2.15. The molecule has 0 bridgehead atoms. The molecule has 3 rings (SSSR count). The van der Waals surface area contributed by atoms with Crippen molar-refractivity contribution in [2.45, 2.75) is 6.42 Å². The van der Waals surface area contributed by atoms with E-state index in [1.807, 2.05) is 36.4 Å². The number of thioether (sulfide) groups is 1. The van der Waals surface area contributed by atoms with Crippen LogP contribution in [0.1, 0.15) is 12.0 Å². The number of rotatable bonds is 5. The number of anilines is 1. The van der Waals surface area contributed by atoms with Crippen LogP contribution in [-0.2, 0) is 9.59 Å². The summed E-state index contributed by atoms with van der Waals surface area (Å²) >= 11 is 12.4. The lowest BCUT2D eigenvalue weighted by Crippen LogP contribution is -2.31. The van der Waals surface area contributed by atoms with Crippen LogP contribution >= 0.6 is 35.6 Å². The summed E-state index contributed by atoms with van der Waals surface area (Å²) < 4.78 is 0.469. The third-order valence-corrected chi connectivity index (χ3v) is 5.29. The molecule has 2 amide bonds. The smallest absolute Gasteiger partial charge is 0.266 e. The molecule has 0 aliphatic carbocycles. The van der Waals surface area contributed by atoms with Gasteiger partial charge in [0.2, 0.25) is 5.91 Å². The average Bonchev–Trinajstić information content (AvgIpc) is 2.89. The Bertz CT molecular complexity index is 867. The van der Waals surface area contributed by atoms with Gasteiger partial charge >= 0.3 is 0 Å². The molecule has 0 aromatic heterocycles. The molecule has 132 valence electrons. The second-order valence-corrected chi connectivity index (χ2v) is 7.66. The second kappa shape index (κ2) is 8.49. The Morgan fingerprint density at radius 1 is 1.15 bits per heavy atom. The van der Waals surface area contributed by atoms with Crippen molar-refractivity contribution in [3.05, 3.63) is 70.1 Å². The van der Waals surface area contributed by atoms with Gasteiger partial charge in [-0.3, -0.25) is 14.5 Å². The maximum atomic E-state index is 12.5. The van der Waals surface area contributed by atoms with Gasteiger partial charge in [0.05, 0.1) is 4.91 Å². The summed E-state index contributed by atoms with van der Waals surface area (Å²) in [6, 6.07) is 16.4. The van der Waals surface area contributed by atoms with Crippen molar-refractivity contribution >= 4 is 63.5 Å². The van der Waals surface area contributed by atoms with E-state index in [0.717, 1.165) is 5.56 Å². The van der Waals surface area contributed by atoms with Crippen LogP contribution in [0.4, 0.5) is 5.69 Å². The van der Waals surface area contributed by atoms with Gasteiger partial charge in [0.1, 0.15) is 4.32 Å². The monoisotopic (exact) mass is 402 g/mol. The number of nitrogens with one attached hydrogen (secondary N) is 1. The van der Waals surface area contributed by atoms with E-state index in [4.69, 9.17) is 23.8 Å². The molecule has 1 aliphatic rings. The van der Waals surface area contributed by atoms with Crippen LogP contribution in [-0.4, -0.2) is 27.6 Å². The highest BCUT2D eigenvalue weighted by molar-refractivity contribution is 8.26. The largest absolute Gasteiger partial charge is 0.326 e. The van der Waals surface area contributed by atoms with Crippen molar-refractivity contribution in [3.63, 3.8) is 0 Å². The van der Waals surface area contributed by atoms with E-state index in [9.17, 15) is 9.59 Å². The van der Waals surface area contributed by atoms with E-state index in [0.29, 0.717) is 19.9 Å². The highest BCUT2D eigenvalue weighted by Crippen LogP contribution is 2.32. The Morgan fingerprint density at radius 3 is 2.54 bits per heavy atom. The summed E-state index contributed by atoms with van der Waals surface area (Å²) in [5, 5.41) is 3.38. The third kappa shape index (κ3) is 4.72. The molecule has 2 aromatic carbocycles. The zero-order valence-corrected chi connectivity index (χ0v) is 16.0. The van der Waals surface area contributed by atoms with Gasteiger partial charge in [-0.25, -0.2) is 0 Å². The number of benzene rings is 2. The molecule has 0 spiro atoms.